The number of rotatable bonds is 3. The lowest BCUT2D eigenvalue weighted by atomic mass is 9.93. The molecule has 4 rings (SSSR count). The van der Waals surface area contributed by atoms with Crippen molar-refractivity contribution >= 4 is 0 Å². The van der Waals surface area contributed by atoms with Crippen molar-refractivity contribution in [3.63, 3.8) is 0 Å². The Morgan fingerprint density at radius 3 is 1.19 bits per heavy atom. The first-order valence-corrected chi connectivity index (χ1v) is 8.60. The monoisotopic (exact) mass is 331 g/mol. The van der Waals surface area contributed by atoms with E-state index < -0.39 is 0 Å². The summed E-state index contributed by atoms with van der Waals surface area (Å²) in [4.78, 5) is 0. The van der Waals surface area contributed by atoms with Gasteiger partial charge in [-0.3, -0.25) is 0 Å². The van der Waals surface area contributed by atoms with Crippen LogP contribution in [-0.4, -0.2) is 0 Å². The van der Waals surface area contributed by atoms with E-state index in [1.807, 2.05) is 36.4 Å². The summed E-state index contributed by atoms with van der Waals surface area (Å²) in [6, 6.07) is 37.4. The second-order valence-electron chi connectivity index (χ2n) is 6.22. The van der Waals surface area contributed by atoms with Crippen LogP contribution in [0.5, 0.6) is 0 Å². The number of hydrogen-bond acceptors (Lipinski definition) is 1. The van der Waals surface area contributed by atoms with Crippen molar-refractivity contribution in [2.24, 2.45) is 0 Å². The Labute approximate surface area is 153 Å². The minimum atomic E-state index is 0.677. The molecule has 0 radical (unpaired) electrons. The highest BCUT2D eigenvalue weighted by atomic mass is 14.2. The van der Waals surface area contributed by atoms with Crippen LogP contribution in [0.15, 0.2) is 103 Å². The molecule has 0 spiro atoms. The van der Waals surface area contributed by atoms with E-state index in [1.165, 1.54) is 22.3 Å². The molecule has 0 atom stereocenters. The highest BCUT2D eigenvalue weighted by Crippen LogP contribution is 2.32. The molecule has 26 heavy (non-hydrogen) atoms. The van der Waals surface area contributed by atoms with E-state index in [2.05, 4.69) is 72.8 Å². The fourth-order valence-electron chi connectivity index (χ4n) is 3.13. The lowest BCUT2D eigenvalue weighted by molar-refractivity contribution is 1.48. The summed E-state index contributed by atoms with van der Waals surface area (Å²) in [6.45, 7) is 0. The average Bonchev–Trinajstić information content (AvgIpc) is 2.75. The van der Waals surface area contributed by atoms with E-state index in [4.69, 9.17) is 5.26 Å². The Morgan fingerprint density at radius 2 is 0.808 bits per heavy atom. The Balaban J connectivity index is 1.89. The number of nitriles is 1. The summed E-state index contributed by atoms with van der Waals surface area (Å²) in [5.41, 5.74) is 7.70. The topological polar surface area (TPSA) is 23.8 Å². The predicted octanol–water partition coefficient (Wildman–Crippen LogP) is 6.56. The Kier molecular flexibility index (Phi) is 4.33. The van der Waals surface area contributed by atoms with Gasteiger partial charge in [-0.2, -0.15) is 5.26 Å². The molecule has 4 aromatic carbocycles. The summed E-state index contributed by atoms with van der Waals surface area (Å²) in [6.07, 6.45) is 0. The van der Waals surface area contributed by atoms with Gasteiger partial charge in [0, 0.05) is 0 Å². The minimum Gasteiger partial charge on any atom is -0.192 e. The number of benzene rings is 4. The molecule has 0 aromatic heterocycles. The molecule has 1 nitrogen and oxygen atoms in total. The average molecular weight is 331 g/mol. The maximum Gasteiger partial charge on any atom is 0.0991 e. The smallest absolute Gasteiger partial charge is 0.0991 e. The summed E-state index contributed by atoms with van der Waals surface area (Å²) in [5, 5.41) is 9.03. The molecule has 0 saturated carbocycles. The van der Waals surface area contributed by atoms with Crippen molar-refractivity contribution in [1.29, 1.82) is 5.26 Å². The second kappa shape index (κ2) is 7.09. The largest absolute Gasteiger partial charge is 0.192 e. The summed E-state index contributed by atoms with van der Waals surface area (Å²) < 4.78 is 0. The van der Waals surface area contributed by atoms with Crippen LogP contribution in [0.1, 0.15) is 5.56 Å². The molecule has 0 unspecified atom stereocenters. The zero-order chi connectivity index (χ0) is 17.8. The Morgan fingerprint density at radius 1 is 0.423 bits per heavy atom. The minimum absolute atomic E-state index is 0.677. The van der Waals surface area contributed by atoms with Gasteiger partial charge in [-0.05, 0) is 63.7 Å². The molecule has 0 N–H and O–H groups in total. The quantitative estimate of drug-likeness (QED) is 0.417. The summed E-state index contributed by atoms with van der Waals surface area (Å²) in [7, 11) is 0. The molecule has 0 fully saturated rings. The van der Waals surface area contributed by atoms with Crippen molar-refractivity contribution in [3.05, 3.63) is 109 Å². The molecular formula is C25H17N. The van der Waals surface area contributed by atoms with Gasteiger partial charge >= 0.3 is 0 Å². The van der Waals surface area contributed by atoms with Crippen molar-refractivity contribution < 1.29 is 0 Å². The van der Waals surface area contributed by atoms with Crippen molar-refractivity contribution in [2.75, 3.05) is 0 Å². The van der Waals surface area contributed by atoms with Crippen molar-refractivity contribution in [3.8, 4) is 39.4 Å². The van der Waals surface area contributed by atoms with Gasteiger partial charge in [0.05, 0.1) is 11.6 Å². The van der Waals surface area contributed by atoms with Crippen LogP contribution in [0.4, 0.5) is 0 Å². The Bertz CT molecular complexity index is 999. The molecule has 0 aliphatic rings. The van der Waals surface area contributed by atoms with E-state index >= 15 is 0 Å². The molecular weight excluding hydrogens is 314 g/mol. The van der Waals surface area contributed by atoms with E-state index in [9.17, 15) is 0 Å². The fourth-order valence-corrected chi connectivity index (χ4v) is 3.13. The number of hydrogen-bond donors (Lipinski definition) is 0. The van der Waals surface area contributed by atoms with Gasteiger partial charge in [0.2, 0.25) is 0 Å². The van der Waals surface area contributed by atoms with Gasteiger partial charge in [0.15, 0.2) is 0 Å². The first kappa shape index (κ1) is 15.9. The molecule has 0 saturated heterocycles. The van der Waals surface area contributed by atoms with Crippen LogP contribution in [0.2, 0.25) is 0 Å². The van der Waals surface area contributed by atoms with Gasteiger partial charge in [0.1, 0.15) is 0 Å². The molecule has 0 aliphatic heterocycles. The fraction of sp³-hybridized carbons (Fsp3) is 0. The SMILES string of the molecule is N#Cc1ccc(-c2cc(-c3ccccc3)cc(-c3ccccc3)c2)cc1. The second-order valence-corrected chi connectivity index (χ2v) is 6.22. The predicted molar refractivity (Wildman–Crippen MR) is 107 cm³/mol. The Hall–Kier alpha value is -3.63. The van der Waals surface area contributed by atoms with Gasteiger partial charge in [-0.1, -0.05) is 72.8 Å². The standard InChI is InChI=1S/C25H17N/c26-18-19-11-13-22(14-12-19)25-16-23(20-7-3-1-4-8-20)15-24(17-25)21-9-5-2-6-10-21/h1-17H. The van der Waals surface area contributed by atoms with Gasteiger partial charge in [-0.15, -0.1) is 0 Å². The van der Waals surface area contributed by atoms with Gasteiger partial charge < -0.3 is 0 Å². The lowest BCUT2D eigenvalue weighted by Gasteiger charge is -2.11. The van der Waals surface area contributed by atoms with Gasteiger partial charge in [-0.25, -0.2) is 0 Å². The van der Waals surface area contributed by atoms with E-state index in [0.717, 1.165) is 11.1 Å². The highest BCUT2D eigenvalue weighted by molar-refractivity contribution is 5.81. The normalized spacial score (nSPS) is 10.3. The molecule has 0 aliphatic carbocycles. The maximum atomic E-state index is 9.03. The highest BCUT2D eigenvalue weighted by Gasteiger charge is 2.07. The van der Waals surface area contributed by atoms with E-state index in [-0.39, 0.29) is 0 Å². The van der Waals surface area contributed by atoms with Crippen LogP contribution < -0.4 is 0 Å². The number of nitrogens with zero attached hydrogens (tertiary/aromatic N) is 1. The third-order valence-electron chi connectivity index (χ3n) is 4.49. The first-order chi connectivity index (χ1) is 12.8. The van der Waals surface area contributed by atoms with Crippen LogP contribution in [0.25, 0.3) is 33.4 Å². The molecule has 122 valence electrons. The molecule has 0 bridgehead atoms. The first-order valence-electron chi connectivity index (χ1n) is 8.60. The third-order valence-corrected chi connectivity index (χ3v) is 4.49. The third kappa shape index (κ3) is 3.27. The van der Waals surface area contributed by atoms with Crippen molar-refractivity contribution in [2.45, 2.75) is 0 Å². The summed E-state index contributed by atoms with van der Waals surface area (Å²) in [5.74, 6) is 0. The van der Waals surface area contributed by atoms with Crippen LogP contribution in [-0.2, 0) is 0 Å². The maximum absolute atomic E-state index is 9.03. The zero-order valence-corrected chi connectivity index (χ0v) is 14.3. The van der Waals surface area contributed by atoms with Crippen molar-refractivity contribution in [1.82, 2.24) is 0 Å². The molecule has 0 heterocycles. The molecule has 0 amide bonds. The molecule has 1 heteroatoms. The van der Waals surface area contributed by atoms with E-state index in [0.29, 0.717) is 5.56 Å². The van der Waals surface area contributed by atoms with Crippen LogP contribution >= 0.6 is 0 Å². The van der Waals surface area contributed by atoms with Gasteiger partial charge in [0.25, 0.3) is 0 Å². The van der Waals surface area contributed by atoms with Crippen LogP contribution in [0, 0.1) is 11.3 Å². The molecule has 4 aromatic rings. The zero-order valence-electron chi connectivity index (χ0n) is 14.3. The van der Waals surface area contributed by atoms with Crippen LogP contribution in [0.3, 0.4) is 0 Å². The summed E-state index contributed by atoms with van der Waals surface area (Å²) >= 11 is 0. The van der Waals surface area contributed by atoms with E-state index in [1.54, 1.807) is 0 Å². The lowest BCUT2D eigenvalue weighted by Crippen LogP contribution is -1.86.